The molecule has 0 spiro atoms. The van der Waals surface area contributed by atoms with E-state index in [9.17, 15) is 9.59 Å². The molecule has 0 saturated carbocycles. The number of Topliss-reactive ketones (excluding diaryl/α,β-unsaturated/α-hetero) is 2. The predicted molar refractivity (Wildman–Crippen MR) is 42.0 cm³/mol. The molecule has 0 rings (SSSR count). The van der Waals surface area contributed by atoms with Crippen molar-refractivity contribution in [2.75, 3.05) is 6.54 Å². The summed E-state index contributed by atoms with van der Waals surface area (Å²) < 4.78 is 0. The molecule has 0 aromatic rings. The molecule has 0 aliphatic rings. The molecule has 4 heteroatoms. The van der Waals surface area contributed by atoms with E-state index in [0.29, 0.717) is 0 Å². The Morgan fingerprint density at radius 3 is 2.36 bits per heavy atom. The highest BCUT2D eigenvalue weighted by Crippen LogP contribution is 1.93. The van der Waals surface area contributed by atoms with Gasteiger partial charge in [0.05, 0.1) is 6.42 Å². The maximum atomic E-state index is 10.9. The van der Waals surface area contributed by atoms with Crippen molar-refractivity contribution in [3.8, 4) is 0 Å². The SMILES string of the molecule is CC(=O)CC(=O)CC(N)CN. The normalized spacial score (nSPS) is 12.6. The highest BCUT2D eigenvalue weighted by Gasteiger charge is 2.09. The first kappa shape index (κ1) is 10.3. The van der Waals surface area contributed by atoms with Gasteiger partial charge in [0.1, 0.15) is 11.6 Å². The summed E-state index contributed by atoms with van der Waals surface area (Å²) >= 11 is 0. The number of hydrogen-bond donors (Lipinski definition) is 2. The van der Waals surface area contributed by atoms with Crippen LogP contribution in [0.2, 0.25) is 0 Å². The fourth-order valence-corrected chi connectivity index (χ4v) is 0.726. The molecule has 0 aliphatic carbocycles. The average Bonchev–Trinajstić information content (AvgIpc) is 1.85. The van der Waals surface area contributed by atoms with Gasteiger partial charge in [-0.2, -0.15) is 0 Å². The van der Waals surface area contributed by atoms with Crippen LogP contribution in [0, 0.1) is 0 Å². The van der Waals surface area contributed by atoms with Crippen molar-refractivity contribution < 1.29 is 9.59 Å². The fraction of sp³-hybridized carbons (Fsp3) is 0.714. The number of rotatable bonds is 5. The van der Waals surface area contributed by atoms with Crippen LogP contribution < -0.4 is 11.5 Å². The van der Waals surface area contributed by atoms with Gasteiger partial charge in [-0.3, -0.25) is 9.59 Å². The van der Waals surface area contributed by atoms with Crippen molar-refractivity contribution >= 4 is 11.6 Å². The van der Waals surface area contributed by atoms with Gasteiger partial charge < -0.3 is 11.5 Å². The summed E-state index contributed by atoms with van der Waals surface area (Å²) in [6, 6.07) is -0.304. The zero-order valence-corrected chi connectivity index (χ0v) is 6.67. The van der Waals surface area contributed by atoms with Crippen molar-refractivity contribution in [1.82, 2.24) is 0 Å². The summed E-state index contributed by atoms with van der Waals surface area (Å²) in [4.78, 5) is 21.3. The Labute approximate surface area is 65.9 Å². The molecule has 4 nitrogen and oxygen atoms in total. The van der Waals surface area contributed by atoms with Crippen LogP contribution in [-0.2, 0) is 9.59 Å². The molecule has 0 amide bonds. The summed E-state index contributed by atoms with van der Waals surface area (Å²) in [7, 11) is 0. The van der Waals surface area contributed by atoms with Crippen molar-refractivity contribution in [3.05, 3.63) is 0 Å². The van der Waals surface area contributed by atoms with Crippen molar-refractivity contribution in [3.63, 3.8) is 0 Å². The Hall–Kier alpha value is -0.740. The van der Waals surface area contributed by atoms with Gasteiger partial charge in [-0.15, -0.1) is 0 Å². The lowest BCUT2D eigenvalue weighted by atomic mass is 10.1. The molecular formula is C7H14N2O2. The zero-order chi connectivity index (χ0) is 8.85. The fourth-order valence-electron chi connectivity index (χ4n) is 0.726. The van der Waals surface area contributed by atoms with Crippen LogP contribution in [0.5, 0.6) is 0 Å². The Morgan fingerprint density at radius 2 is 2.00 bits per heavy atom. The second kappa shape index (κ2) is 4.98. The molecule has 0 bridgehead atoms. The molecule has 0 aliphatic heterocycles. The van der Waals surface area contributed by atoms with Gasteiger partial charge in [0.25, 0.3) is 0 Å². The maximum absolute atomic E-state index is 10.9. The predicted octanol–water partition coefficient (Wildman–Crippen LogP) is -0.789. The Bertz CT molecular complexity index is 157. The minimum atomic E-state index is -0.304. The minimum absolute atomic E-state index is 0.0201. The van der Waals surface area contributed by atoms with Gasteiger partial charge in [-0.25, -0.2) is 0 Å². The third-order valence-corrected chi connectivity index (χ3v) is 1.24. The minimum Gasteiger partial charge on any atom is -0.329 e. The van der Waals surface area contributed by atoms with Crippen LogP contribution in [0.3, 0.4) is 0 Å². The van der Waals surface area contributed by atoms with Gasteiger partial charge in [0, 0.05) is 19.0 Å². The standard InChI is InChI=1S/C7H14N2O2/c1-5(10)2-7(11)3-6(9)4-8/h6H,2-4,8-9H2,1H3. The lowest BCUT2D eigenvalue weighted by Gasteiger charge is -2.05. The molecule has 64 valence electrons. The van der Waals surface area contributed by atoms with Gasteiger partial charge in [-0.05, 0) is 6.92 Å². The molecule has 0 aromatic carbocycles. The summed E-state index contributed by atoms with van der Waals surface area (Å²) in [6.45, 7) is 1.66. The third-order valence-electron chi connectivity index (χ3n) is 1.24. The molecule has 11 heavy (non-hydrogen) atoms. The maximum Gasteiger partial charge on any atom is 0.141 e. The van der Waals surface area contributed by atoms with Crippen molar-refractivity contribution in [1.29, 1.82) is 0 Å². The van der Waals surface area contributed by atoms with E-state index in [1.165, 1.54) is 6.92 Å². The Morgan fingerprint density at radius 1 is 1.45 bits per heavy atom. The molecule has 1 atom stereocenters. The van der Waals surface area contributed by atoms with Crippen molar-refractivity contribution in [2.24, 2.45) is 11.5 Å². The summed E-state index contributed by atoms with van der Waals surface area (Å²) in [5, 5.41) is 0. The zero-order valence-electron chi connectivity index (χ0n) is 6.67. The van der Waals surface area contributed by atoms with E-state index >= 15 is 0 Å². The lowest BCUT2D eigenvalue weighted by Crippen LogP contribution is -2.32. The summed E-state index contributed by atoms with van der Waals surface area (Å²) in [5.41, 5.74) is 10.6. The first-order valence-corrected chi connectivity index (χ1v) is 3.53. The van der Waals surface area contributed by atoms with Crippen LogP contribution in [0.4, 0.5) is 0 Å². The quantitative estimate of drug-likeness (QED) is 0.513. The second-order valence-electron chi connectivity index (χ2n) is 2.62. The molecular weight excluding hydrogens is 144 g/mol. The number of nitrogens with two attached hydrogens (primary N) is 2. The van der Waals surface area contributed by atoms with Gasteiger partial charge >= 0.3 is 0 Å². The van der Waals surface area contributed by atoms with Crippen molar-refractivity contribution in [2.45, 2.75) is 25.8 Å². The molecule has 0 radical (unpaired) electrons. The smallest absolute Gasteiger partial charge is 0.141 e. The van der Waals surface area contributed by atoms with Crippen LogP contribution in [-0.4, -0.2) is 24.2 Å². The largest absolute Gasteiger partial charge is 0.329 e. The van der Waals surface area contributed by atoms with Gasteiger partial charge in [0.2, 0.25) is 0 Å². The lowest BCUT2D eigenvalue weighted by molar-refractivity contribution is -0.126. The van der Waals surface area contributed by atoms with Crippen LogP contribution in [0.15, 0.2) is 0 Å². The van der Waals surface area contributed by atoms with E-state index in [4.69, 9.17) is 11.5 Å². The van der Waals surface area contributed by atoms with E-state index in [1.807, 2.05) is 0 Å². The van der Waals surface area contributed by atoms with Crippen LogP contribution in [0.25, 0.3) is 0 Å². The molecule has 0 fully saturated rings. The molecule has 0 heterocycles. The molecule has 1 unspecified atom stereocenters. The second-order valence-corrected chi connectivity index (χ2v) is 2.62. The number of hydrogen-bond acceptors (Lipinski definition) is 4. The van der Waals surface area contributed by atoms with Gasteiger partial charge in [0.15, 0.2) is 0 Å². The first-order valence-electron chi connectivity index (χ1n) is 3.53. The van der Waals surface area contributed by atoms with E-state index < -0.39 is 0 Å². The number of carbonyl (C=O) groups is 2. The summed E-state index contributed by atoms with van der Waals surface area (Å²) in [5.74, 6) is -0.255. The molecule has 4 N–H and O–H groups in total. The summed E-state index contributed by atoms with van der Waals surface area (Å²) in [6.07, 6.45) is 0.184. The van der Waals surface area contributed by atoms with E-state index in [-0.39, 0.29) is 37.0 Å². The van der Waals surface area contributed by atoms with Crippen LogP contribution in [0.1, 0.15) is 19.8 Å². The average molecular weight is 158 g/mol. The topological polar surface area (TPSA) is 86.2 Å². The Kier molecular flexibility index (Phi) is 4.65. The molecule has 0 aromatic heterocycles. The Balaban J connectivity index is 3.60. The third kappa shape index (κ3) is 5.69. The van der Waals surface area contributed by atoms with E-state index in [0.717, 1.165) is 0 Å². The van der Waals surface area contributed by atoms with Crippen LogP contribution >= 0.6 is 0 Å². The first-order chi connectivity index (χ1) is 5.06. The number of ketones is 2. The highest BCUT2D eigenvalue weighted by molar-refractivity contribution is 5.98. The van der Waals surface area contributed by atoms with E-state index in [1.54, 1.807) is 0 Å². The van der Waals surface area contributed by atoms with Gasteiger partial charge in [-0.1, -0.05) is 0 Å². The highest BCUT2D eigenvalue weighted by atomic mass is 16.1. The number of carbonyl (C=O) groups excluding carboxylic acids is 2. The monoisotopic (exact) mass is 158 g/mol. The van der Waals surface area contributed by atoms with E-state index in [2.05, 4.69) is 0 Å². The molecule has 0 saturated heterocycles.